The van der Waals surface area contributed by atoms with Gasteiger partial charge in [0.1, 0.15) is 16.2 Å². The summed E-state index contributed by atoms with van der Waals surface area (Å²) in [6.45, 7) is 0. The second kappa shape index (κ2) is 3.50. The predicted molar refractivity (Wildman–Crippen MR) is 49.7 cm³/mol. The van der Waals surface area contributed by atoms with Crippen LogP contribution in [0, 0.1) is 5.82 Å². The highest BCUT2D eigenvalue weighted by Gasteiger charge is 2.22. The fourth-order valence-corrected chi connectivity index (χ4v) is 1.81. The SMILES string of the molecule is CS(=O)(=O)c1ccc(O)c(C(N)=O)c1F. The minimum Gasteiger partial charge on any atom is -0.507 e. The van der Waals surface area contributed by atoms with E-state index in [1.807, 2.05) is 0 Å². The lowest BCUT2D eigenvalue weighted by Crippen LogP contribution is -2.15. The predicted octanol–water partition coefficient (Wildman–Crippen LogP) is 0.0337. The normalized spacial score (nSPS) is 11.3. The molecule has 3 N–H and O–H groups in total. The Morgan fingerprint density at radius 1 is 1.47 bits per heavy atom. The topological polar surface area (TPSA) is 97.5 Å². The van der Waals surface area contributed by atoms with Gasteiger partial charge in [0, 0.05) is 6.26 Å². The van der Waals surface area contributed by atoms with Crippen molar-refractivity contribution in [2.45, 2.75) is 4.90 Å². The Labute approximate surface area is 85.2 Å². The Bertz CT molecular complexity index is 524. The quantitative estimate of drug-likeness (QED) is 0.753. The van der Waals surface area contributed by atoms with E-state index in [1.165, 1.54) is 0 Å². The first-order valence-electron chi connectivity index (χ1n) is 3.76. The Morgan fingerprint density at radius 3 is 2.40 bits per heavy atom. The van der Waals surface area contributed by atoms with Crippen LogP contribution in [0.4, 0.5) is 4.39 Å². The molecule has 5 nitrogen and oxygen atoms in total. The van der Waals surface area contributed by atoms with Gasteiger partial charge in [0.25, 0.3) is 5.91 Å². The number of carbonyl (C=O) groups excluding carboxylic acids is 1. The first-order valence-corrected chi connectivity index (χ1v) is 5.65. The van der Waals surface area contributed by atoms with Gasteiger partial charge in [-0.15, -0.1) is 0 Å². The average Bonchev–Trinajstić information content (AvgIpc) is 2.00. The van der Waals surface area contributed by atoms with Crippen molar-refractivity contribution in [3.05, 3.63) is 23.5 Å². The number of hydrogen-bond acceptors (Lipinski definition) is 4. The zero-order valence-corrected chi connectivity index (χ0v) is 8.51. The monoisotopic (exact) mass is 233 g/mol. The third-order valence-electron chi connectivity index (χ3n) is 1.73. The number of sulfone groups is 1. The lowest BCUT2D eigenvalue weighted by Gasteiger charge is -2.05. The molecule has 0 aliphatic rings. The lowest BCUT2D eigenvalue weighted by atomic mass is 10.2. The maximum absolute atomic E-state index is 13.4. The molecule has 82 valence electrons. The molecule has 1 aromatic carbocycles. The van der Waals surface area contributed by atoms with Gasteiger partial charge in [-0.1, -0.05) is 0 Å². The largest absolute Gasteiger partial charge is 0.507 e. The van der Waals surface area contributed by atoms with Gasteiger partial charge in [0.15, 0.2) is 15.7 Å². The van der Waals surface area contributed by atoms with E-state index in [9.17, 15) is 17.6 Å². The third-order valence-corrected chi connectivity index (χ3v) is 2.84. The van der Waals surface area contributed by atoms with E-state index < -0.39 is 37.8 Å². The Morgan fingerprint density at radius 2 is 2.00 bits per heavy atom. The van der Waals surface area contributed by atoms with Crippen molar-refractivity contribution in [1.82, 2.24) is 0 Å². The van der Waals surface area contributed by atoms with E-state index in [2.05, 4.69) is 0 Å². The minimum absolute atomic E-state index is 0.672. The van der Waals surface area contributed by atoms with Crippen molar-refractivity contribution in [2.75, 3.05) is 6.26 Å². The molecule has 0 aliphatic heterocycles. The van der Waals surface area contributed by atoms with Crippen LogP contribution >= 0.6 is 0 Å². The molecule has 0 atom stereocenters. The summed E-state index contributed by atoms with van der Waals surface area (Å²) < 4.78 is 35.6. The van der Waals surface area contributed by atoms with E-state index in [4.69, 9.17) is 10.8 Å². The molecule has 0 heterocycles. The molecule has 0 spiro atoms. The molecule has 0 bridgehead atoms. The van der Waals surface area contributed by atoms with Crippen LogP contribution in [0.1, 0.15) is 10.4 Å². The summed E-state index contributed by atoms with van der Waals surface area (Å²) in [5.74, 6) is -3.24. The highest BCUT2D eigenvalue weighted by molar-refractivity contribution is 7.90. The molecule has 0 fully saturated rings. The minimum atomic E-state index is -3.80. The van der Waals surface area contributed by atoms with Gasteiger partial charge < -0.3 is 10.8 Å². The second-order valence-corrected chi connectivity index (χ2v) is 4.89. The summed E-state index contributed by atoms with van der Waals surface area (Å²) in [6.07, 6.45) is 0.785. The smallest absolute Gasteiger partial charge is 0.255 e. The van der Waals surface area contributed by atoms with Crippen molar-refractivity contribution in [3.8, 4) is 5.75 Å². The zero-order valence-electron chi connectivity index (χ0n) is 7.69. The van der Waals surface area contributed by atoms with Gasteiger partial charge in [-0.3, -0.25) is 4.79 Å². The number of aromatic hydroxyl groups is 1. The summed E-state index contributed by atoms with van der Waals surface area (Å²) in [7, 11) is -3.80. The molecule has 0 radical (unpaired) electrons. The molecule has 1 aromatic rings. The highest BCUT2D eigenvalue weighted by Crippen LogP contribution is 2.25. The summed E-state index contributed by atoms with van der Waals surface area (Å²) in [6, 6.07) is 1.77. The van der Waals surface area contributed by atoms with Crippen molar-refractivity contribution in [1.29, 1.82) is 0 Å². The van der Waals surface area contributed by atoms with Crippen LogP contribution in [0.3, 0.4) is 0 Å². The average molecular weight is 233 g/mol. The van der Waals surface area contributed by atoms with Crippen LogP contribution in [-0.2, 0) is 9.84 Å². The van der Waals surface area contributed by atoms with Crippen LogP contribution in [-0.4, -0.2) is 25.7 Å². The molecule has 0 saturated carbocycles. The zero-order chi connectivity index (χ0) is 11.8. The standard InChI is InChI=1S/C8H8FNO4S/c1-15(13,14)5-3-2-4(11)6(7(5)9)8(10)12/h2-3,11H,1H3,(H2,10,12). The molecule has 0 saturated heterocycles. The summed E-state index contributed by atoms with van der Waals surface area (Å²) in [5.41, 5.74) is 3.97. The van der Waals surface area contributed by atoms with E-state index in [1.54, 1.807) is 0 Å². The highest BCUT2D eigenvalue weighted by atomic mass is 32.2. The number of phenols is 1. The molecule has 0 aliphatic carbocycles. The number of primary amides is 1. The van der Waals surface area contributed by atoms with Gasteiger partial charge in [0.05, 0.1) is 0 Å². The number of rotatable bonds is 2. The van der Waals surface area contributed by atoms with E-state index in [-0.39, 0.29) is 0 Å². The molecular weight excluding hydrogens is 225 g/mol. The van der Waals surface area contributed by atoms with Gasteiger partial charge in [0.2, 0.25) is 0 Å². The molecule has 0 aromatic heterocycles. The Hall–Kier alpha value is -1.63. The first kappa shape index (κ1) is 11.4. The van der Waals surface area contributed by atoms with Gasteiger partial charge in [-0.05, 0) is 12.1 Å². The van der Waals surface area contributed by atoms with Gasteiger partial charge in [-0.2, -0.15) is 0 Å². The van der Waals surface area contributed by atoms with Crippen LogP contribution in [0.2, 0.25) is 0 Å². The van der Waals surface area contributed by atoms with Crippen molar-refractivity contribution in [2.24, 2.45) is 5.73 Å². The Kier molecular flexibility index (Phi) is 2.67. The van der Waals surface area contributed by atoms with Crippen molar-refractivity contribution < 1.29 is 22.7 Å². The van der Waals surface area contributed by atoms with Gasteiger partial charge in [-0.25, -0.2) is 12.8 Å². The molecule has 15 heavy (non-hydrogen) atoms. The van der Waals surface area contributed by atoms with Crippen LogP contribution in [0.5, 0.6) is 5.75 Å². The van der Waals surface area contributed by atoms with Crippen LogP contribution in [0.25, 0.3) is 0 Å². The number of benzene rings is 1. The third kappa shape index (κ3) is 2.07. The van der Waals surface area contributed by atoms with E-state index in [0.29, 0.717) is 0 Å². The number of hydrogen-bond donors (Lipinski definition) is 2. The molecule has 7 heteroatoms. The summed E-state index contributed by atoms with van der Waals surface area (Å²) >= 11 is 0. The maximum Gasteiger partial charge on any atom is 0.255 e. The number of halogens is 1. The summed E-state index contributed by atoms with van der Waals surface area (Å²) in [5, 5.41) is 9.12. The number of carbonyl (C=O) groups is 1. The Balaban J connectivity index is 3.64. The van der Waals surface area contributed by atoms with Gasteiger partial charge >= 0.3 is 0 Å². The first-order chi connectivity index (χ1) is 6.75. The number of nitrogens with two attached hydrogens (primary N) is 1. The van der Waals surface area contributed by atoms with E-state index in [0.717, 1.165) is 18.4 Å². The summed E-state index contributed by atoms with van der Waals surface area (Å²) in [4.78, 5) is 10.1. The fraction of sp³-hybridized carbons (Fsp3) is 0.125. The van der Waals surface area contributed by atoms with Crippen molar-refractivity contribution >= 4 is 15.7 Å². The van der Waals surface area contributed by atoms with Crippen LogP contribution < -0.4 is 5.73 Å². The second-order valence-electron chi connectivity index (χ2n) is 2.91. The molecular formula is C8H8FNO4S. The van der Waals surface area contributed by atoms with E-state index >= 15 is 0 Å². The maximum atomic E-state index is 13.4. The fourth-order valence-electron chi connectivity index (χ4n) is 1.07. The van der Waals surface area contributed by atoms with Crippen LogP contribution in [0.15, 0.2) is 17.0 Å². The molecule has 1 rings (SSSR count). The molecule has 1 amide bonds. The van der Waals surface area contributed by atoms with Crippen molar-refractivity contribution in [3.63, 3.8) is 0 Å². The number of amides is 1. The molecule has 0 unspecified atom stereocenters. The lowest BCUT2D eigenvalue weighted by molar-refractivity contribution is 0.0993.